The SMILES string of the molecule is Cc1ccc(S(=O)(=O)O)cc1.NC(=O)C[C@H](N)C(=O)OCc1ccc([N+](=O)[O-])cc1. The van der Waals surface area contributed by atoms with Gasteiger partial charge >= 0.3 is 5.97 Å². The van der Waals surface area contributed by atoms with Crippen molar-refractivity contribution >= 4 is 27.7 Å². The standard InChI is InChI=1S/C11H13N3O5.C7H8O3S/c12-9(5-10(13)15)11(16)19-6-7-1-3-8(4-2-7)14(17)18;1-6-2-4-7(5-3-6)11(8,9)10/h1-4,9H,5-6,12H2,(H2,13,15);2-5H,1H3,(H,8,9,10)/t9-;/m0./s1. The summed E-state index contributed by atoms with van der Waals surface area (Å²) in [6.07, 6.45) is -0.293. The Morgan fingerprint density at radius 2 is 1.67 bits per heavy atom. The van der Waals surface area contributed by atoms with Gasteiger partial charge in [0.15, 0.2) is 0 Å². The number of rotatable bonds is 7. The molecule has 11 nitrogen and oxygen atoms in total. The second-order valence-electron chi connectivity index (χ2n) is 6.10. The van der Waals surface area contributed by atoms with Gasteiger partial charge in [-0.05, 0) is 36.8 Å². The van der Waals surface area contributed by atoms with Crippen LogP contribution in [0.25, 0.3) is 0 Å². The summed E-state index contributed by atoms with van der Waals surface area (Å²) in [6, 6.07) is 10.4. The van der Waals surface area contributed by atoms with Crippen molar-refractivity contribution in [2.75, 3.05) is 0 Å². The Labute approximate surface area is 172 Å². The van der Waals surface area contributed by atoms with E-state index >= 15 is 0 Å². The largest absolute Gasteiger partial charge is 0.460 e. The van der Waals surface area contributed by atoms with Gasteiger partial charge in [0.1, 0.15) is 12.6 Å². The summed E-state index contributed by atoms with van der Waals surface area (Å²) in [6.45, 7) is 1.76. The van der Waals surface area contributed by atoms with E-state index in [0.29, 0.717) is 5.56 Å². The van der Waals surface area contributed by atoms with Gasteiger partial charge in [0.2, 0.25) is 5.91 Å². The summed E-state index contributed by atoms with van der Waals surface area (Å²) >= 11 is 0. The topological polar surface area (TPSA) is 193 Å². The third kappa shape index (κ3) is 8.77. The molecule has 2 aromatic carbocycles. The van der Waals surface area contributed by atoms with Crippen molar-refractivity contribution in [1.82, 2.24) is 0 Å². The van der Waals surface area contributed by atoms with Crippen molar-refractivity contribution in [3.8, 4) is 0 Å². The van der Waals surface area contributed by atoms with Gasteiger partial charge in [-0.3, -0.25) is 24.3 Å². The number of nitrogens with zero attached hydrogens (tertiary/aromatic N) is 1. The summed E-state index contributed by atoms with van der Waals surface area (Å²) in [7, 11) is -4.02. The number of non-ortho nitro benzene ring substituents is 1. The molecule has 1 amide bonds. The number of ether oxygens (including phenoxy) is 1. The van der Waals surface area contributed by atoms with Gasteiger partial charge in [-0.25, -0.2) is 0 Å². The minimum Gasteiger partial charge on any atom is -0.460 e. The van der Waals surface area contributed by atoms with E-state index in [9.17, 15) is 28.1 Å². The quantitative estimate of drug-likeness (QED) is 0.245. The average Bonchev–Trinajstić information content (AvgIpc) is 2.66. The molecule has 0 fully saturated rings. The zero-order valence-corrected chi connectivity index (χ0v) is 16.7. The maximum atomic E-state index is 11.4. The predicted molar refractivity (Wildman–Crippen MR) is 106 cm³/mol. The lowest BCUT2D eigenvalue weighted by Crippen LogP contribution is -2.36. The van der Waals surface area contributed by atoms with Crippen LogP contribution in [0.5, 0.6) is 0 Å². The Morgan fingerprint density at radius 1 is 1.13 bits per heavy atom. The summed E-state index contributed by atoms with van der Waals surface area (Å²) < 4.78 is 34.4. The average molecular weight is 439 g/mol. The number of nitro groups is 1. The summed E-state index contributed by atoms with van der Waals surface area (Å²) in [5.41, 5.74) is 11.7. The highest BCUT2D eigenvalue weighted by Gasteiger charge is 2.17. The summed E-state index contributed by atoms with van der Waals surface area (Å²) in [4.78, 5) is 31.8. The van der Waals surface area contributed by atoms with E-state index in [4.69, 9.17) is 20.8 Å². The smallest absolute Gasteiger partial charge is 0.323 e. The van der Waals surface area contributed by atoms with Crippen molar-refractivity contribution in [3.05, 3.63) is 69.8 Å². The van der Waals surface area contributed by atoms with Crippen molar-refractivity contribution in [2.45, 2.75) is 30.9 Å². The molecule has 0 spiro atoms. The van der Waals surface area contributed by atoms with E-state index in [1.54, 1.807) is 12.1 Å². The van der Waals surface area contributed by atoms with Gasteiger partial charge in [0, 0.05) is 12.1 Å². The van der Waals surface area contributed by atoms with Crippen LogP contribution in [0.15, 0.2) is 53.4 Å². The second-order valence-corrected chi connectivity index (χ2v) is 7.52. The normalized spacial score (nSPS) is 11.6. The first kappa shape index (κ1) is 24.7. The van der Waals surface area contributed by atoms with Crippen LogP contribution in [-0.2, 0) is 31.1 Å². The number of hydrogen-bond donors (Lipinski definition) is 3. The molecule has 162 valence electrons. The molecule has 0 aliphatic rings. The van der Waals surface area contributed by atoms with Crippen LogP contribution in [0.4, 0.5) is 5.69 Å². The number of carbonyl (C=O) groups excluding carboxylic acids is 2. The molecule has 2 aromatic rings. The molecule has 12 heteroatoms. The molecule has 1 atom stereocenters. The summed E-state index contributed by atoms with van der Waals surface area (Å²) in [5.74, 6) is -1.45. The Bertz CT molecular complexity index is 989. The fourth-order valence-electron chi connectivity index (χ4n) is 1.99. The highest BCUT2D eigenvalue weighted by Crippen LogP contribution is 2.12. The molecule has 0 aromatic heterocycles. The number of nitrogens with two attached hydrogens (primary N) is 2. The third-order valence-electron chi connectivity index (χ3n) is 3.57. The maximum absolute atomic E-state index is 11.4. The zero-order chi connectivity index (χ0) is 22.9. The zero-order valence-electron chi connectivity index (χ0n) is 15.9. The first-order valence-electron chi connectivity index (χ1n) is 8.38. The van der Waals surface area contributed by atoms with Gasteiger partial charge in [-0.15, -0.1) is 0 Å². The predicted octanol–water partition coefficient (Wildman–Crippen LogP) is 1.08. The van der Waals surface area contributed by atoms with E-state index in [0.717, 1.165) is 5.56 Å². The minimum absolute atomic E-state index is 0.0551. The van der Waals surface area contributed by atoms with Gasteiger partial charge in [-0.1, -0.05) is 17.7 Å². The molecule has 0 saturated carbocycles. The number of amides is 1. The van der Waals surface area contributed by atoms with Crippen LogP contribution in [0.1, 0.15) is 17.5 Å². The molecule has 0 saturated heterocycles. The Balaban J connectivity index is 0.000000346. The van der Waals surface area contributed by atoms with E-state index in [1.165, 1.54) is 36.4 Å². The number of esters is 1. The molecule has 0 unspecified atom stereocenters. The highest BCUT2D eigenvalue weighted by molar-refractivity contribution is 7.85. The first-order valence-corrected chi connectivity index (χ1v) is 9.82. The second kappa shape index (κ2) is 11.0. The third-order valence-corrected chi connectivity index (χ3v) is 4.44. The lowest BCUT2D eigenvalue weighted by atomic mass is 10.2. The van der Waals surface area contributed by atoms with Crippen molar-refractivity contribution in [1.29, 1.82) is 0 Å². The van der Waals surface area contributed by atoms with E-state index < -0.39 is 33.0 Å². The van der Waals surface area contributed by atoms with Gasteiger partial charge in [-0.2, -0.15) is 8.42 Å². The first-order chi connectivity index (χ1) is 13.9. The monoisotopic (exact) mass is 439 g/mol. The lowest BCUT2D eigenvalue weighted by molar-refractivity contribution is -0.384. The molecule has 0 aliphatic carbocycles. The van der Waals surface area contributed by atoms with Gasteiger partial charge < -0.3 is 16.2 Å². The fourth-order valence-corrected chi connectivity index (χ4v) is 2.47. The van der Waals surface area contributed by atoms with E-state index in [2.05, 4.69) is 0 Å². The van der Waals surface area contributed by atoms with Crippen molar-refractivity contribution in [2.24, 2.45) is 11.5 Å². The van der Waals surface area contributed by atoms with Crippen LogP contribution in [0.2, 0.25) is 0 Å². The number of primary amides is 1. The summed E-state index contributed by atoms with van der Waals surface area (Å²) in [5, 5.41) is 10.4. The Morgan fingerprint density at radius 3 is 2.10 bits per heavy atom. The van der Waals surface area contributed by atoms with Crippen LogP contribution >= 0.6 is 0 Å². The molecule has 0 heterocycles. The van der Waals surface area contributed by atoms with Crippen LogP contribution in [0, 0.1) is 17.0 Å². The Hall–Kier alpha value is -3.35. The number of carbonyl (C=O) groups is 2. The van der Waals surface area contributed by atoms with Crippen LogP contribution in [-0.4, -0.2) is 35.8 Å². The van der Waals surface area contributed by atoms with Crippen LogP contribution in [0.3, 0.4) is 0 Å². The van der Waals surface area contributed by atoms with E-state index in [1.807, 2.05) is 6.92 Å². The number of aryl methyl sites for hydroxylation is 1. The van der Waals surface area contributed by atoms with Gasteiger partial charge in [0.25, 0.3) is 15.8 Å². The molecule has 0 bridgehead atoms. The maximum Gasteiger partial charge on any atom is 0.323 e. The van der Waals surface area contributed by atoms with Crippen molar-refractivity contribution < 1.29 is 32.2 Å². The Kier molecular flexibility index (Phi) is 9.05. The molecule has 30 heavy (non-hydrogen) atoms. The van der Waals surface area contributed by atoms with Crippen LogP contribution < -0.4 is 11.5 Å². The van der Waals surface area contributed by atoms with Gasteiger partial charge in [0.05, 0.1) is 16.2 Å². The molecule has 5 N–H and O–H groups in total. The van der Waals surface area contributed by atoms with E-state index in [-0.39, 0.29) is 23.6 Å². The fraction of sp³-hybridized carbons (Fsp3) is 0.222. The molecule has 2 rings (SSSR count). The molecular weight excluding hydrogens is 418 g/mol. The molecule has 0 radical (unpaired) electrons. The number of benzene rings is 2. The number of hydrogen-bond acceptors (Lipinski definition) is 8. The lowest BCUT2D eigenvalue weighted by Gasteiger charge is -2.09. The molecular formula is C18H21N3O8S. The number of nitro benzene ring substituents is 1. The highest BCUT2D eigenvalue weighted by atomic mass is 32.2. The minimum atomic E-state index is -4.02. The molecule has 0 aliphatic heterocycles. The van der Waals surface area contributed by atoms with Crippen molar-refractivity contribution in [3.63, 3.8) is 0 Å².